The summed E-state index contributed by atoms with van der Waals surface area (Å²) < 4.78 is 5.98. The number of furan rings is 1. The molecule has 124 valence electrons. The van der Waals surface area contributed by atoms with Crippen LogP contribution in [-0.2, 0) is 0 Å². The molecule has 0 amide bonds. The summed E-state index contributed by atoms with van der Waals surface area (Å²) in [6.07, 6.45) is 0. The van der Waals surface area contributed by atoms with Crippen molar-refractivity contribution < 1.29 is 4.42 Å². The summed E-state index contributed by atoms with van der Waals surface area (Å²) in [5, 5.41) is 5.82. The maximum absolute atomic E-state index is 5.98. The van der Waals surface area contributed by atoms with Crippen LogP contribution in [0.1, 0.15) is 0 Å². The zero-order valence-electron chi connectivity index (χ0n) is 14.1. The summed E-state index contributed by atoms with van der Waals surface area (Å²) in [6.45, 7) is 0. The molecule has 0 spiro atoms. The second kappa shape index (κ2) is 6.08. The Hall–Kier alpha value is -3.52. The minimum Gasteiger partial charge on any atom is -0.456 e. The Morgan fingerprint density at radius 3 is 2.23 bits per heavy atom. The molecule has 0 unspecified atom stereocenters. The highest BCUT2D eigenvalue weighted by Gasteiger charge is 2.10. The van der Waals surface area contributed by atoms with Gasteiger partial charge in [-0.3, -0.25) is 0 Å². The molecular formula is C24H17NO. The fraction of sp³-hybridized carbons (Fsp3) is 0. The van der Waals surface area contributed by atoms with Crippen LogP contribution in [0.15, 0.2) is 101 Å². The van der Waals surface area contributed by atoms with Gasteiger partial charge in [0.25, 0.3) is 0 Å². The molecule has 1 aromatic heterocycles. The van der Waals surface area contributed by atoms with E-state index >= 15 is 0 Å². The van der Waals surface area contributed by atoms with Crippen LogP contribution in [0.4, 0.5) is 11.4 Å². The average Bonchev–Trinajstić information content (AvgIpc) is 3.08. The first kappa shape index (κ1) is 14.8. The highest BCUT2D eigenvalue weighted by molar-refractivity contribution is 6.11. The Labute approximate surface area is 151 Å². The lowest BCUT2D eigenvalue weighted by Crippen LogP contribution is -1.91. The lowest BCUT2D eigenvalue weighted by atomic mass is 10.0. The van der Waals surface area contributed by atoms with Gasteiger partial charge in [0, 0.05) is 11.1 Å². The number of rotatable bonds is 3. The first-order valence-corrected chi connectivity index (χ1v) is 8.71. The number of nitrogens with one attached hydrogen (secondary N) is 1. The molecule has 0 saturated carbocycles. The number of hydrogen-bond donors (Lipinski definition) is 1. The summed E-state index contributed by atoms with van der Waals surface area (Å²) in [5.41, 5.74) is 6.33. The van der Waals surface area contributed by atoms with E-state index in [0.717, 1.165) is 33.3 Å². The average molecular weight is 335 g/mol. The van der Waals surface area contributed by atoms with E-state index in [4.69, 9.17) is 4.42 Å². The van der Waals surface area contributed by atoms with Gasteiger partial charge in [0.1, 0.15) is 11.2 Å². The van der Waals surface area contributed by atoms with Crippen LogP contribution in [-0.4, -0.2) is 0 Å². The Morgan fingerprint density at radius 2 is 1.31 bits per heavy atom. The fourth-order valence-corrected chi connectivity index (χ4v) is 3.44. The van der Waals surface area contributed by atoms with E-state index < -0.39 is 0 Å². The van der Waals surface area contributed by atoms with E-state index in [2.05, 4.69) is 66.0 Å². The van der Waals surface area contributed by atoms with Crippen molar-refractivity contribution in [3.05, 3.63) is 97.1 Å². The van der Waals surface area contributed by atoms with Gasteiger partial charge in [-0.25, -0.2) is 0 Å². The maximum atomic E-state index is 5.98. The summed E-state index contributed by atoms with van der Waals surface area (Å²) in [4.78, 5) is 0. The molecule has 0 atom stereocenters. The molecular weight excluding hydrogens is 318 g/mol. The minimum atomic E-state index is 0.899. The molecule has 0 aliphatic rings. The van der Waals surface area contributed by atoms with Crippen LogP contribution in [0.3, 0.4) is 0 Å². The lowest BCUT2D eigenvalue weighted by Gasteiger charge is -2.10. The third kappa shape index (κ3) is 2.52. The molecule has 26 heavy (non-hydrogen) atoms. The Bertz CT molecular complexity index is 1200. The van der Waals surface area contributed by atoms with Gasteiger partial charge in [-0.2, -0.15) is 0 Å². The zero-order chi connectivity index (χ0) is 17.3. The van der Waals surface area contributed by atoms with Crippen molar-refractivity contribution in [1.82, 2.24) is 0 Å². The van der Waals surface area contributed by atoms with Crippen LogP contribution in [0, 0.1) is 0 Å². The Kier molecular flexibility index (Phi) is 3.46. The smallest absolute Gasteiger partial charge is 0.137 e. The third-order valence-electron chi connectivity index (χ3n) is 4.65. The molecule has 0 fully saturated rings. The predicted octanol–water partition coefficient (Wildman–Crippen LogP) is 7.00. The molecule has 1 heterocycles. The highest BCUT2D eigenvalue weighted by Crippen LogP contribution is 2.35. The quantitative estimate of drug-likeness (QED) is 0.384. The molecule has 4 aromatic carbocycles. The Morgan fingerprint density at radius 1 is 0.577 bits per heavy atom. The fourth-order valence-electron chi connectivity index (χ4n) is 3.44. The standard InChI is InChI=1S/C24H17NO/c1-2-8-17(9-3-1)18-10-6-11-19(16-18)25-21-13-7-15-23-24(21)20-12-4-5-14-22(20)26-23/h1-16,25H. The second-order valence-electron chi connectivity index (χ2n) is 6.35. The van der Waals surface area contributed by atoms with Crippen LogP contribution in [0.25, 0.3) is 33.1 Å². The van der Waals surface area contributed by atoms with Crippen LogP contribution >= 0.6 is 0 Å². The van der Waals surface area contributed by atoms with Gasteiger partial charge >= 0.3 is 0 Å². The van der Waals surface area contributed by atoms with Gasteiger partial charge in [0.15, 0.2) is 0 Å². The van der Waals surface area contributed by atoms with Gasteiger partial charge in [0.2, 0.25) is 0 Å². The second-order valence-corrected chi connectivity index (χ2v) is 6.35. The number of benzene rings is 4. The highest BCUT2D eigenvalue weighted by atomic mass is 16.3. The number of para-hydroxylation sites is 1. The number of hydrogen-bond acceptors (Lipinski definition) is 2. The van der Waals surface area contributed by atoms with Crippen LogP contribution in [0.5, 0.6) is 0 Å². The topological polar surface area (TPSA) is 25.2 Å². The number of anilines is 2. The molecule has 2 heteroatoms. The van der Waals surface area contributed by atoms with Crippen molar-refractivity contribution in [3.63, 3.8) is 0 Å². The summed E-state index contributed by atoms with van der Waals surface area (Å²) in [7, 11) is 0. The molecule has 0 saturated heterocycles. The van der Waals surface area contributed by atoms with E-state index in [-0.39, 0.29) is 0 Å². The third-order valence-corrected chi connectivity index (χ3v) is 4.65. The van der Waals surface area contributed by atoms with E-state index in [9.17, 15) is 0 Å². The van der Waals surface area contributed by atoms with Crippen molar-refractivity contribution in [2.75, 3.05) is 5.32 Å². The van der Waals surface area contributed by atoms with Gasteiger partial charge in [-0.05, 0) is 41.5 Å². The van der Waals surface area contributed by atoms with Crippen LogP contribution < -0.4 is 5.32 Å². The molecule has 0 aliphatic carbocycles. The zero-order valence-corrected chi connectivity index (χ0v) is 14.1. The molecule has 5 rings (SSSR count). The number of fused-ring (bicyclic) bond motifs is 3. The molecule has 0 aliphatic heterocycles. The first-order valence-electron chi connectivity index (χ1n) is 8.71. The van der Waals surface area contributed by atoms with E-state index in [1.165, 1.54) is 11.1 Å². The van der Waals surface area contributed by atoms with E-state index in [1.54, 1.807) is 0 Å². The monoisotopic (exact) mass is 335 g/mol. The van der Waals surface area contributed by atoms with E-state index in [1.807, 2.05) is 36.4 Å². The largest absolute Gasteiger partial charge is 0.456 e. The minimum absolute atomic E-state index is 0.899. The predicted molar refractivity (Wildman–Crippen MR) is 109 cm³/mol. The SMILES string of the molecule is c1ccc(-c2cccc(Nc3cccc4oc5ccccc5c34)c2)cc1. The van der Waals surface area contributed by atoms with Crippen molar-refractivity contribution in [3.8, 4) is 11.1 Å². The van der Waals surface area contributed by atoms with Gasteiger partial charge in [0.05, 0.1) is 11.1 Å². The molecule has 2 nitrogen and oxygen atoms in total. The van der Waals surface area contributed by atoms with Crippen LogP contribution in [0.2, 0.25) is 0 Å². The first-order chi connectivity index (χ1) is 12.9. The van der Waals surface area contributed by atoms with Gasteiger partial charge in [-0.15, -0.1) is 0 Å². The molecule has 5 aromatic rings. The summed E-state index contributed by atoms with van der Waals surface area (Å²) in [6, 6.07) is 33.2. The molecule has 0 radical (unpaired) electrons. The van der Waals surface area contributed by atoms with Gasteiger partial charge < -0.3 is 9.73 Å². The Balaban J connectivity index is 1.60. The lowest BCUT2D eigenvalue weighted by molar-refractivity contribution is 0.669. The van der Waals surface area contributed by atoms with Crippen molar-refractivity contribution in [1.29, 1.82) is 0 Å². The molecule has 0 bridgehead atoms. The van der Waals surface area contributed by atoms with Crippen molar-refractivity contribution in [2.45, 2.75) is 0 Å². The van der Waals surface area contributed by atoms with Gasteiger partial charge in [-0.1, -0.05) is 66.7 Å². The van der Waals surface area contributed by atoms with E-state index in [0.29, 0.717) is 0 Å². The molecule has 1 N–H and O–H groups in total. The van der Waals surface area contributed by atoms with Crippen molar-refractivity contribution >= 4 is 33.3 Å². The summed E-state index contributed by atoms with van der Waals surface area (Å²) in [5.74, 6) is 0. The normalized spacial score (nSPS) is 11.1. The maximum Gasteiger partial charge on any atom is 0.137 e. The van der Waals surface area contributed by atoms with Crippen molar-refractivity contribution in [2.24, 2.45) is 0 Å². The summed E-state index contributed by atoms with van der Waals surface area (Å²) >= 11 is 0.